The standard InChI is InChI=1S/C9H15BN.C8H13N.C2H6B.2CH4.2H3P/c1-3-5-9-6-4-7-11(8-9)10-2;1-2-4-8-5-3-6-9-7-8;1-3-2;;;;/h9H,4,6-8H2,1-2H3;8-9H,3,5-7H2,1H3;1-2H3;2*1H4;2*1H3. The molecule has 27 heavy (non-hydrogen) atoms. The molecular weight excluding hydrogens is 364 g/mol. The molecule has 6 heteroatoms. The summed E-state index contributed by atoms with van der Waals surface area (Å²) in [6.07, 6.45) is 5.15. The summed E-state index contributed by atoms with van der Waals surface area (Å²) in [5.74, 6) is 13.6. The second-order valence-electron chi connectivity index (χ2n) is 6.00. The van der Waals surface area contributed by atoms with E-state index < -0.39 is 0 Å². The predicted octanol–water partition coefficient (Wildman–Crippen LogP) is 4.57. The van der Waals surface area contributed by atoms with Crippen molar-refractivity contribution >= 4 is 34.5 Å². The number of rotatable bonds is 1. The molecule has 2 heterocycles. The minimum Gasteiger partial charge on any atom is -0.346 e. The first kappa shape index (κ1) is 37.7. The maximum absolute atomic E-state index is 3.32. The molecule has 2 saturated heterocycles. The molecule has 2 aliphatic heterocycles. The van der Waals surface area contributed by atoms with Crippen molar-refractivity contribution in [3.05, 3.63) is 0 Å². The highest BCUT2D eigenvalue weighted by atomic mass is 31.0. The summed E-state index contributed by atoms with van der Waals surface area (Å²) in [5, 5.41) is 3.32. The molecule has 4 atom stereocenters. The molecule has 0 bridgehead atoms. The summed E-state index contributed by atoms with van der Waals surface area (Å²) in [7, 11) is 4.17. The van der Waals surface area contributed by atoms with Gasteiger partial charge < -0.3 is 10.1 Å². The molecule has 0 amide bonds. The van der Waals surface area contributed by atoms with E-state index in [2.05, 4.69) is 48.0 Å². The van der Waals surface area contributed by atoms with Crippen molar-refractivity contribution in [2.24, 2.45) is 11.8 Å². The molecule has 4 unspecified atom stereocenters. The van der Waals surface area contributed by atoms with Gasteiger partial charge >= 0.3 is 0 Å². The Morgan fingerprint density at radius 1 is 0.889 bits per heavy atom. The maximum Gasteiger partial charge on any atom is 0.205 e. The van der Waals surface area contributed by atoms with Gasteiger partial charge in [0.15, 0.2) is 0 Å². The molecule has 2 nitrogen and oxygen atoms in total. The summed E-state index contributed by atoms with van der Waals surface area (Å²) >= 11 is 0. The smallest absolute Gasteiger partial charge is 0.205 e. The third-order valence-corrected chi connectivity index (χ3v) is 3.81. The summed E-state index contributed by atoms with van der Waals surface area (Å²) in [6, 6.07) is 0. The highest BCUT2D eigenvalue weighted by molar-refractivity contribution is 6.92. The average molecular weight is 412 g/mol. The van der Waals surface area contributed by atoms with E-state index in [1.165, 1.54) is 38.8 Å². The Labute approximate surface area is 181 Å². The van der Waals surface area contributed by atoms with Crippen molar-refractivity contribution in [2.75, 3.05) is 26.2 Å². The molecular formula is C21H48B2N2P2. The largest absolute Gasteiger partial charge is 0.346 e. The molecule has 0 aliphatic carbocycles. The Morgan fingerprint density at radius 2 is 1.41 bits per heavy atom. The van der Waals surface area contributed by atoms with Gasteiger partial charge in [-0.25, -0.2) is 0 Å². The van der Waals surface area contributed by atoms with Crippen molar-refractivity contribution in [3.8, 4) is 23.7 Å². The predicted molar refractivity (Wildman–Crippen MR) is 142 cm³/mol. The van der Waals surface area contributed by atoms with Crippen LogP contribution in [0, 0.1) is 35.5 Å². The number of nitrogens with zero attached hydrogens (tertiary/aromatic N) is 1. The number of hydrogen-bond acceptors (Lipinski definition) is 2. The molecule has 0 aromatic heterocycles. The van der Waals surface area contributed by atoms with Crippen molar-refractivity contribution in [2.45, 2.75) is 74.9 Å². The van der Waals surface area contributed by atoms with Gasteiger partial charge in [-0.2, -0.15) is 19.8 Å². The first-order chi connectivity index (χ1) is 11.2. The minimum absolute atomic E-state index is 0. The van der Waals surface area contributed by atoms with Crippen molar-refractivity contribution in [1.82, 2.24) is 10.1 Å². The van der Waals surface area contributed by atoms with Gasteiger partial charge in [0.1, 0.15) is 7.28 Å². The van der Waals surface area contributed by atoms with E-state index in [1.807, 2.05) is 34.8 Å². The minimum atomic E-state index is 0. The molecule has 2 fully saturated rings. The molecule has 1 N–H and O–H groups in total. The molecule has 0 saturated carbocycles. The Hall–Kier alpha value is 0.0299. The maximum atomic E-state index is 3.32. The van der Waals surface area contributed by atoms with Gasteiger partial charge in [-0.05, 0) is 52.6 Å². The highest BCUT2D eigenvalue weighted by Crippen LogP contribution is 2.14. The van der Waals surface area contributed by atoms with E-state index in [9.17, 15) is 0 Å². The summed E-state index contributed by atoms with van der Waals surface area (Å²) in [5.41, 5.74) is 0. The normalized spacial score (nSPS) is 19.7. The van der Waals surface area contributed by atoms with Gasteiger partial charge in [-0.1, -0.05) is 47.2 Å². The number of hydrogen-bond donors (Lipinski definition) is 1. The van der Waals surface area contributed by atoms with Gasteiger partial charge in [-0.3, -0.25) is 0 Å². The van der Waals surface area contributed by atoms with Crippen LogP contribution >= 0.6 is 19.8 Å². The molecule has 158 valence electrons. The molecule has 2 aliphatic rings. The van der Waals surface area contributed by atoms with Crippen LogP contribution in [-0.2, 0) is 0 Å². The van der Waals surface area contributed by atoms with Crippen LogP contribution in [0.5, 0.6) is 0 Å². The van der Waals surface area contributed by atoms with Gasteiger partial charge in [0.2, 0.25) is 7.41 Å². The lowest BCUT2D eigenvalue weighted by Gasteiger charge is -2.28. The van der Waals surface area contributed by atoms with E-state index in [1.54, 1.807) is 0 Å². The van der Waals surface area contributed by atoms with Crippen LogP contribution in [0.15, 0.2) is 0 Å². The summed E-state index contributed by atoms with van der Waals surface area (Å²) in [6.45, 7) is 14.6. The average Bonchev–Trinajstić information content (AvgIpc) is 2.58. The van der Waals surface area contributed by atoms with Crippen molar-refractivity contribution in [3.63, 3.8) is 0 Å². The third-order valence-electron chi connectivity index (χ3n) is 3.81. The fourth-order valence-electron chi connectivity index (χ4n) is 2.74. The van der Waals surface area contributed by atoms with Crippen molar-refractivity contribution < 1.29 is 0 Å². The molecule has 0 aromatic carbocycles. The summed E-state index contributed by atoms with van der Waals surface area (Å²) in [4.78, 5) is 2.36. The zero-order valence-corrected chi connectivity index (χ0v) is 20.2. The topological polar surface area (TPSA) is 15.3 Å². The third kappa shape index (κ3) is 22.2. The van der Waals surface area contributed by atoms with Crippen LogP contribution < -0.4 is 5.32 Å². The van der Waals surface area contributed by atoms with E-state index in [0.29, 0.717) is 11.8 Å². The molecule has 2 radical (unpaired) electrons. The lowest BCUT2D eigenvalue weighted by atomic mass is 9.88. The van der Waals surface area contributed by atoms with Crippen LogP contribution in [0.3, 0.4) is 0 Å². The Morgan fingerprint density at radius 3 is 1.85 bits per heavy atom. The fraction of sp³-hybridized carbons (Fsp3) is 0.810. The van der Waals surface area contributed by atoms with E-state index >= 15 is 0 Å². The molecule has 0 spiro atoms. The van der Waals surface area contributed by atoms with Crippen molar-refractivity contribution in [1.29, 1.82) is 0 Å². The molecule has 2 rings (SSSR count). The lowest BCUT2D eigenvalue weighted by Crippen LogP contribution is -2.36. The van der Waals surface area contributed by atoms with Gasteiger partial charge in [0.25, 0.3) is 0 Å². The quantitative estimate of drug-likeness (QED) is 0.386. The zero-order valence-electron chi connectivity index (χ0n) is 17.3. The van der Waals surface area contributed by atoms with Gasteiger partial charge in [-0.15, -0.1) is 11.8 Å². The van der Waals surface area contributed by atoms with E-state index in [4.69, 9.17) is 0 Å². The first-order valence-corrected chi connectivity index (χ1v) is 9.04. The summed E-state index contributed by atoms with van der Waals surface area (Å²) < 4.78 is 0. The zero-order chi connectivity index (χ0) is 17.3. The SMILES string of the molecule is C.C.CC#CC1CCCNC1.C[B]C.C[B]N1CCCC(C#CC)C1.P.P. The van der Waals surface area contributed by atoms with Crippen LogP contribution in [0.1, 0.15) is 54.4 Å². The number of nitrogens with one attached hydrogen (secondary N) is 1. The lowest BCUT2D eigenvalue weighted by molar-refractivity contribution is 0.315. The molecule has 0 aromatic rings. The Balaban J connectivity index is -0.0000000932. The van der Waals surface area contributed by atoms with E-state index in [-0.39, 0.29) is 34.7 Å². The van der Waals surface area contributed by atoms with Crippen LogP contribution in [-0.4, -0.2) is 45.7 Å². The first-order valence-electron chi connectivity index (χ1n) is 9.04. The van der Waals surface area contributed by atoms with E-state index in [0.717, 1.165) is 13.1 Å². The van der Waals surface area contributed by atoms with Crippen LogP contribution in [0.25, 0.3) is 0 Å². The second-order valence-corrected chi connectivity index (χ2v) is 6.00. The fourth-order valence-corrected chi connectivity index (χ4v) is 2.74. The Kier molecular flexibility index (Phi) is 39.5. The van der Waals surface area contributed by atoms with Gasteiger partial charge in [0, 0.05) is 24.9 Å². The highest BCUT2D eigenvalue weighted by Gasteiger charge is 2.16. The second kappa shape index (κ2) is 28.2. The number of piperidine rings is 2. The monoisotopic (exact) mass is 412 g/mol. The van der Waals surface area contributed by atoms with Crippen LogP contribution in [0.4, 0.5) is 0 Å². The van der Waals surface area contributed by atoms with Gasteiger partial charge in [0.05, 0.1) is 0 Å². The van der Waals surface area contributed by atoms with Crippen LogP contribution in [0.2, 0.25) is 20.5 Å². The Bertz CT molecular complexity index is 394.